The van der Waals surface area contributed by atoms with Gasteiger partial charge in [-0.15, -0.1) is 0 Å². The standard InChI is InChI=1S/C10H14F3N5O/c11-10(12,13)3-1-2-4-16-9(19)7-5-15-6-8(17-7)18-14/h5-6H,1-4,14H2,(H,16,19)(H,17,18). The molecule has 0 saturated carbocycles. The zero-order valence-corrected chi connectivity index (χ0v) is 10.00. The van der Waals surface area contributed by atoms with Gasteiger partial charge in [-0.25, -0.2) is 10.8 Å². The zero-order chi connectivity index (χ0) is 14.3. The highest BCUT2D eigenvalue weighted by Gasteiger charge is 2.25. The van der Waals surface area contributed by atoms with Crippen LogP contribution in [0.3, 0.4) is 0 Å². The molecule has 1 heterocycles. The molecule has 6 nitrogen and oxygen atoms in total. The minimum atomic E-state index is -4.16. The number of nitrogens with zero attached hydrogens (tertiary/aromatic N) is 2. The monoisotopic (exact) mass is 277 g/mol. The van der Waals surface area contributed by atoms with Crippen LogP contribution < -0.4 is 16.6 Å². The van der Waals surface area contributed by atoms with Crippen LogP contribution in [0.15, 0.2) is 12.4 Å². The molecule has 0 radical (unpaired) electrons. The summed E-state index contributed by atoms with van der Waals surface area (Å²) in [5.41, 5.74) is 2.28. The smallest absolute Gasteiger partial charge is 0.351 e. The average molecular weight is 277 g/mol. The van der Waals surface area contributed by atoms with Crippen LogP contribution in [-0.2, 0) is 0 Å². The summed E-state index contributed by atoms with van der Waals surface area (Å²) >= 11 is 0. The number of carbonyl (C=O) groups excluding carboxylic acids is 1. The molecule has 0 unspecified atom stereocenters. The fourth-order valence-electron chi connectivity index (χ4n) is 1.29. The van der Waals surface area contributed by atoms with Crippen LogP contribution in [0.5, 0.6) is 0 Å². The van der Waals surface area contributed by atoms with Gasteiger partial charge in [0.05, 0.1) is 12.4 Å². The molecule has 19 heavy (non-hydrogen) atoms. The van der Waals surface area contributed by atoms with Gasteiger partial charge in [0.25, 0.3) is 5.91 Å². The largest absolute Gasteiger partial charge is 0.389 e. The van der Waals surface area contributed by atoms with Crippen molar-refractivity contribution in [3.05, 3.63) is 18.1 Å². The van der Waals surface area contributed by atoms with E-state index in [1.165, 1.54) is 12.4 Å². The fraction of sp³-hybridized carbons (Fsp3) is 0.500. The van der Waals surface area contributed by atoms with Gasteiger partial charge in [-0.3, -0.25) is 9.78 Å². The Kier molecular flexibility index (Phi) is 5.49. The Balaban J connectivity index is 2.31. The third kappa shape index (κ3) is 6.00. The molecule has 106 valence electrons. The van der Waals surface area contributed by atoms with Crippen LogP contribution in [0.1, 0.15) is 29.8 Å². The molecule has 0 fully saturated rings. The van der Waals surface area contributed by atoms with E-state index in [1.807, 2.05) is 0 Å². The Morgan fingerprint density at radius 1 is 1.32 bits per heavy atom. The van der Waals surface area contributed by atoms with Gasteiger partial charge < -0.3 is 10.7 Å². The summed E-state index contributed by atoms with van der Waals surface area (Å²) in [5, 5.41) is 2.46. The maximum atomic E-state index is 11.9. The summed E-state index contributed by atoms with van der Waals surface area (Å²) in [4.78, 5) is 19.1. The molecule has 0 aliphatic heterocycles. The SMILES string of the molecule is NNc1cncc(C(=O)NCCCCC(F)(F)F)n1. The fourth-order valence-corrected chi connectivity index (χ4v) is 1.29. The molecule has 0 atom stereocenters. The van der Waals surface area contributed by atoms with Gasteiger partial charge in [0.1, 0.15) is 5.69 Å². The van der Waals surface area contributed by atoms with Gasteiger partial charge in [0.2, 0.25) is 0 Å². The number of nitrogen functional groups attached to an aromatic ring is 1. The number of hydrazine groups is 1. The van der Waals surface area contributed by atoms with Crippen LogP contribution in [-0.4, -0.2) is 28.6 Å². The Morgan fingerprint density at radius 2 is 2.05 bits per heavy atom. The van der Waals surface area contributed by atoms with Gasteiger partial charge in [-0.1, -0.05) is 0 Å². The van der Waals surface area contributed by atoms with Gasteiger partial charge >= 0.3 is 6.18 Å². The Bertz CT molecular complexity index is 424. The maximum absolute atomic E-state index is 11.9. The predicted molar refractivity (Wildman–Crippen MR) is 62.1 cm³/mol. The lowest BCUT2D eigenvalue weighted by atomic mass is 10.2. The van der Waals surface area contributed by atoms with E-state index in [4.69, 9.17) is 5.84 Å². The highest BCUT2D eigenvalue weighted by molar-refractivity contribution is 5.92. The number of alkyl halides is 3. The predicted octanol–water partition coefficient (Wildman–Crippen LogP) is 1.22. The summed E-state index contributed by atoms with van der Waals surface area (Å²) in [6, 6.07) is 0. The van der Waals surface area contributed by atoms with Gasteiger partial charge in [-0.05, 0) is 12.8 Å². The molecule has 0 aromatic carbocycles. The number of hydrogen-bond acceptors (Lipinski definition) is 5. The van der Waals surface area contributed by atoms with Crippen molar-refractivity contribution in [2.75, 3.05) is 12.0 Å². The number of nitrogens with two attached hydrogens (primary N) is 1. The lowest BCUT2D eigenvalue weighted by Gasteiger charge is -2.07. The number of amides is 1. The Hall–Kier alpha value is -1.90. The molecule has 0 bridgehead atoms. The average Bonchev–Trinajstić information content (AvgIpc) is 2.37. The number of halogens is 3. The molecule has 1 aromatic heterocycles. The number of aromatic nitrogens is 2. The van der Waals surface area contributed by atoms with E-state index < -0.39 is 18.5 Å². The maximum Gasteiger partial charge on any atom is 0.389 e. The molecule has 9 heteroatoms. The lowest BCUT2D eigenvalue weighted by Crippen LogP contribution is -2.26. The van der Waals surface area contributed by atoms with Crippen molar-refractivity contribution in [2.45, 2.75) is 25.4 Å². The quantitative estimate of drug-likeness (QED) is 0.413. The van der Waals surface area contributed by atoms with Gasteiger partial charge in [0, 0.05) is 13.0 Å². The third-order valence-electron chi connectivity index (χ3n) is 2.19. The van der Waals surface area contributed by atoms with E-state index in [0.29, 0.717) is 0 Å². The topological polar surface area (TPSA) is 92.9 Å². The van der Waals surface area contributed by atoms with E-state index in [0.717, 1.165) is 0 Å². The molecule has 0 aliphatic carbocycles. The molecule has 1 amide bonds. The lowest BCUT2D eigenvalue weighted by molar-refractivity contribution is -0.135. The van der Waals surface area contributed by atoms with Crippen molar-refractivity contribution in [3.8, 4) is 0 Å². The highest BCUT2D eigenvalue weighted by Crippen LogP contribution is 2.21. The highest BCUT2D eigenvalue weighted by atomic mass is 19.4. The molecule has 0 aliphatic rings. The van der Waals surface area contributed by atoms with E-state index in [9.17, 15) is 18.0 Å². The van der Waals surface area contributed by atoms with Crippen LogP contribution in [0.2, 0.25) is 0 Å². The minimum absolute atomic E-state index is 0.0279. The van der Waals surface area contributed by atoms with Crippen molar-refractivity contribution in [1.29, 1.82) is 0 Å². The molecule has 0 saturated heterocycles. The third-order valence-corrected chi connectivity index (χ3v) is 2.19. The first-order valence-electron chi connectivity index (χ1n) is 5.56. The number of unbranched alkanes of at least 4 members (excludes halogenated alkanes) is 1. The number of nitrogens with one attached hydrogen (secondary N) is 2. The second-order valence-corrected chi connectivity index (χ2v) is 3.76. The number of hydrogen-bond donors (Lipinski definition) is 3. The first kappa shape index (κ1) is 15.2. The first-order chi connectivity index (χ1) is 8.92. The molecule has 4 N–H and O–H groups in total. The van der Waals surface area contributed by atoms with Crippen LogP contribution in [0, 0.1) is 0 Å². The van der Waals surface area contributed by atoms with Gasteiger partial charge in [0.15, 0.2) is 5.82 Å². The summed E-state index contributed by atoms with van der Waals surface area (Å²) < 4.78 is 35.6. The van der Waals surface area contributed by atoms with Crippen molar-refractivity contribution in [3.63, 3.8) is 0 Å². The van der Waals surface area contributed by atoms with E-state index >= 15 is 0 Å². The Labute approximate surface area is 107 Å². The Morgan fingerprint density at radius 3 is 2.68 bits per heavy atom. The molecular formula is C10H14F3N5O. The molecule has 0 spiro atoms. The van der Waals surface area contributed by atoms with Crippen molar-refractivity contribution >= 4 is 11.7 Å². The number of anilines is 1. The molecule has 1 aromatic rings. The summed E-state index contributed by atoms with van der Waals surface area (Å²) in [5.74, 6) is 4.83. The van der Waals surface area contributed by atoms with Crippen LogP contribution in [0.25, 0.3) is 0 Å². The minimum Gasteiger partial charge on any atom is -0.351 e. The number of rotatable bonds is 6. The van der Waals surface area contributed by atoms with Crippen molar-refractivity contribution in [2.24, 2.45) is 5.84 Å². The van der Waals surface area contributed by atoms with E-state index in [1.54, 1.807) is 0 Å². The van der Waals surface area contributed by atoms with Gasteiger partial charge in [-0.2, -0.15) is 13.2 Å². The van der Waals surface area contributed by atoms with E-state index in [2.05, 4.69) is 20.7 Å². The summed E-state index contributed by atoms with van der Waals surface area (Å²) in [6.45, 7) is 0.150. The molecular weight excluding hydrogens is 263 g/mol. The van der Waals surface area contributed by atoms with Crippen molar-refractivity contribution in [1.82, 2.24) is 15.3 Å². The summed E-state index contributed by atoms with van der Waals surface area (Å²) in [6.07, 6.45) is -2.22. The number of carbonyl (C=O) groups is 1. The van der Waals surface area contributed by atoms with E-state index in [-0.39, 0.29) is 30.9 Å². The first-order valence-corrected chi connectivity index (χ1v) is 5.56. The normalized spacial score (nSPS) is 11.2. The van der Waals surface area contributed by atoms with Crippen LogP contribution >= 0.6 is 0 Å². The van der Waals surface area contributed by atoms with Crippen LogP contribution in [0.4, 0.5) is 19.0 Å². The second kappa shape index (κ2) is 6.88. The summed E-state index contributed by atoms with van der Waals surface area (Å²) in [7, 11) is 0. The zero-order valence-electron chi connectivity index (χ0n) is 10.00. The molecule has 1 rings (SSSR count). The second-order valence-electron chi connectivity index (χ2n) is 3.76. The van der Waals surface area contributed by atoms with Crippen molar-refractivity contribution < 1.29 is 18.0 Å².